The van der Waals surface area contributed by atoms with Gasteiger partial charge in [0.2, 0.25) is 5.91 Å². The second-order valence-electron chi connectivity index (χ2n) is 7.50. The van der Waals surface area contributed by atoms with E-state index in [2.05, 4.69) is 37.2 Å². The fraction of sp³-hybridized carbons (Fsp3) is 0.261. The molecule has 2 aromatic carbocycles. The molecule has 0 unspecified atom stereocenters. The third-order valence-corrected chi connectivity index (χ3v) is 7.08. The Bertz CT molecular complexity index is 1150. The van der Waals surface area contributed by atoms with Gasteiger partial charge in [0.1, 0.15) is 18.0 Å². The molecule has 1 aromatic heterocycles. The van der Waals surface area contributed by atoms with Crippen LogP contribution in [0.1, 0.15) is 6.42 Å². The van der Waals surface area contributed by atoms with Crippen molar-refractivity contribution in [1.29, 1.82) is 0 Å². The van der Waals surface area contributed by atoms with Crippen molar-refractivity contribution in [2.45, 2.75) is 11.3 Å². The smallest absolute Gasteiger partial charge is 0.226 e. The summed E-state index contributed by atoms with van der Waals surface area (Å²) in [6.07, 6.45) is 1.27. The van der Waals surface area contributed by atoms with Crippen LogP contribution in [-0.4, -0.2) is 56.2 Å². The van der Waals surface area contributed by atoms with Crippen LogP contribution < -0.4 is 15.1 Å². The van der Waals surface area contributed by atoms with Crippen molar-refractivity contribution in [2.75, 3.05) is 47.0 Å². The minimum Gasteiger partial charge on any atom is -0.368 e. The quantitative estimate of drug-likeness (QED) is 0.590. The Morgan fingerprint density at radius 3 is 2.19 bits per heavy atom. The van der Waals surface area contributed by atoms with E-state index in [9.17, 15) is 13.2 Å². The Labute approximate surface area is 187 Å². The number of carbonyl (C=O) groups is 1. The third kappa shape index (κ3) is 5.42. The first-order valence-electron chi connectivity index (χ1n) is 10.5. The van der Waals surface area contributed by atoms with Gasteiger partial charge in [0, 0.05) is 44.4 Å². The van der Waals surface area contributed by atoms with Crippen LogP contribution in [0.5, 0.6) is 0 Å². The number of anilines is 3. The molecule has 32 heavy (non-hydrogen) atoms. The molecule has 4 rings (SSSR count). The summed E-state index contributed by atoms with van der Waals surface area (Å²) in [5.41, 5.74) is 1.20. The van der Waals surface area contributed by atoms with Crippen molar-refractivity contribution in [1.82, 2.24) is 9.97 Å². The van der Waals surface area contributed by atoms with Gasteiger partial charge in [-0.2, -0.15) is 0 Å². The van der Waals surface area contributed by atoms with Crippen LogP contribution in [0.25, 0.3) is 0 Å². The summed E-state index contributed by atoms with van der Waals surface area (Å²) in [5.74, 6) is 0.438. The van der Waals surface area contributed by atoms with Crippen LogP contribution in [0.4, 0.5) is 17.3 Å². The van der Waals surface area contributed by atoms with Gasteiger partial charge in [0.15, 0.2) is 9.84 Å². The number of nitrogens with zero attached hydrogens (tertiary/aromatic N) is 4. The lowest BCUT2D eigenvalue weighted by Crippen LogP contribution is -2.46. The van der Waals surface area contributed by atoms with Crippen LogP contribution in [0.3, 0.4) is 0 Å². The monoisotopic (exact) mass is 451 g/mol. The largest absolute Gasteiger partial charge is 0.368 e. The average molecular weight is 452 g/mol. The van der Waals surface area contributed by atoms with E-state index < -0.39 is 15.7 Å². The maximum Gasteiger partial charge on any atom is 0.226 e. The van der Waals surface area contributed by atoms with E-state index in [0.717, 1.165) is 32.0 Å². The molecule has 0 saturated carbocycles. The van der Waals surface area contributed by atoms with E-state index in [1.807, 2.05) is 18.2 Å². The van der Waals surface area contributed by atoms with Crippen molar-refractivity contribution in [3.8, 4) is 0 Å². The first-order chi connectivity index (χ1) is 15.5. The maximum absolute atomic E-state index is 12.4. The number of hydrogen-bond donors (Lipinski definition) is 1. The summed E-state index contributed by atoms with van der Waals surface area (Å²) in [7, 11) is -3.51. The second kappa shape index (κ2) is 9.78. The Balaban J connectivity index is 1.32. The fourth-order valence-electron chi connectivity index (χ4n) is 3.60. The minimum absolute atomic E-state index is 0.147. The average Bonchev–Trinajstić information content (AvgIpc) is 2.84. The van der Waals surface area contributed by atoms with E-state index >= 15 is 0 Å². The number of sulfone groups is 1. The molecule has 2 heterocycles. The molecule has 1 amide bonds. The number of nitrogens with one attached hydrogen (secondary N) is 1. The van der Waals surface area contributed by atoms with Gasteiger partial charge in [0.25, 0.3) is 0 Å². The van der Waals surface area contributed by atoms with Crippen LogP contribution in [0, 0.1) is 0 Å². The molecule has 1 fully saturated rings. The standard InChI is InChI=1S/C23H25N5O3S/c29-23(11-16-32(30,31)20-9-5-2-6-10-20)26-21-17-22(25-18-24-21)28-14-12-27(13-15-28)19-7-3-1-4-8-19/h1-10,17-18H,11-16H2,(H,24,25,26,29). The number of rotatable bonds is 7. The summed E-state index contributed by atoms with van der Waals surface area (Å²) in [6.45, 7) is 3.34. The summed E-state index contributed by atoms with van der Waals surface area (Å²) in [6, 6.07) is 20.1. The van der Waals surface area contributed by atoms with Crippen molar-refractivity contribution in [3.63, 3.8) is 0 Å². The van der Waals surface area contributed by atoms with E-state index in [1.165, 1.54) is 24.1 Å². The zero-order chi connectivity index (χ0) is 22.4. The molecule has 1 aliphatic rings. The molecule has 0 atom stereocenters. The lowest BCUT2D eigenvalue weighted by molar-refractivity contribution is -0.115. The number of benzene rings is 2. The Kier molecular flexibility index (Phi) is 6.65. The zero-order valence-corrected chi connectivity index (χ0v) is 18.4. The van der Waals surface area contributed by atoms with Crippen molar-refractivity contribution in [2.24, 2.45) is 0 Å². The van der Waals surface area contributed by atoms with E-state index in [1.54, 1.807) is 24.3 Å². The molecule has 9 heteroatoms. The number of carbonyl (C=O) groups excluding carboxylic acids is 1. The van der Waals surface area contributed by atoms with E-state index in [0.29, 0.717) is 5.82 Å². The highest BCUT2D eigenvalue weighted by atomic mass is 32.2. The fourth-order valence-corrected chi connectivity index (χ4v) is 4.86. The minimum atomic E-state index is -3.51. The third-order valence-electron chi connectivity index (χ3n) is 5.35. The number of aromatic nitrogens is 2. The van der Waals surface area contributed by atoms with E-state index in [4.69, 9.17) is 0 Å². The van der Waals surface area contributed by atoms with Crippen LogP contribution in [-0.2, 0) is 14.6 Å². The number of piperazine rings is 1. The first-order valence-corrected chi connectivity index (χ1v) is 12.1. The second-order valence-corrected chi connectivity index (χ2v) is 9.61. The molecule has 0 radical (unpaired) electrons. The highest BCUT2D eigenvalue weighted by Crippen LogP contribution is 2.20. The van der Waals surface area contributed by atoms with Crippen molar-refractivity contribution in [3.05, 3.63) is 73.1 Å². The van der Waals surface area contributed by atoms with Crippen LogP contribution in [0.2, 0.25) is 0 Å². The summed E-state index contributed by atoms with van der Waals surface area (Å²) in [4.78, 5) is 25.5. The normalized spacial score (nSPS) is 14.2. The van der Waals surface area contributed by atoms with E-state index in [-0.39, 0.29) is 17.1 Å². The molecule has 1 N–H and O–H groups in total. The molecule has 166 valence electrons. The summed E-state index contributed by atoms with van der Waals surface area (Å²) < 4.78 is 24.7. The van der Waals surface area contributed by atoms with Crippen LogP contribution >= 0.6 is 0 Å². The maximum atomic E-state index is 12.4. The summed E-state index contributed by atoms with van der Waals surface area (Å²) in [5, 5.41) is 2.69. The molecule has 0 aliphatic carbocycles. The van der Waals surface area contributed by atoms with Gasteiger partial charge in [-0.25, -0.2) is 18.4 Å². The van der Waals surface area contributed by atoms with Gasteiger partial charge in [-0.05, 0) is 24.3 Å². The van der Waals surface area contributed by atoms with Crippen molar-refractivity contribution >= 4 is 33.1 Å². The molecule has 0 spiro atoms. The number of hydrogen-bond acceptors (Lipinski definition) is 7. The van der Waals surface area contributed by atoms with Crippen molar-refractivity contribution < 1.29 is 13.2 Å². The lowest BCUT2D eigenvalue weighted by atomic mass is 10.2. The lowest BCUT2D eigenvalue weighted by Gasteiger charge is -2.36. The molecule has 1 aliphatic heterocycles. The Morgan fingerprint density at radius 2 is 1.50 bits per heavy atom. The highest BCUT2D eigenvalue weighted by Gasteiger charge is 2.20. The van der Waals surface area contributed by atoms with Gasteiger partial charge in [0.05, 0.1) is 10.6 Å². The SMILES string of the molecule is O=C(CCS(=O)(=O)c1ccccc1)Nc1cc(N2CCN(c3ccccc3)CC2)ncn1. The topological polar surface area (TPSA) is 95.5 Å². The Morgan fingerprint density at radius 1 is 0.875 bits per heavy atom. The molecule has 8 nitrogen and oxygen atoms in total. The summed E-state index contributed by atoms with van der Waals surface area (Å²) >= 11 is 0. The highest BCUT2D eigenvalue weighted by molar-refractivity contribution is 7.91. The molecular weight excluding hydrogens is 426 g/mol. The van der Waals surface area contributed by atoms with Gasteiger partial charge in [-0.3, -0.25) is 4.79 Å². The predicted molar refractivity (Wildman–Crippen MR) is 125 cm³/mol. The first kappa shape index (κ1) is 21.8. The van der Waals surface area contributed by atoms with Gasteiger partial charge in [-0.15, -0.1) is 0 Å². The molecule has 1 saturated heterocycles. The predicted octanol–water partition coefficient (Wildman–Crippen LogP) is 2.61. The van der Waals surface area contributed by atoms with Gasteiger partial charge in [-0.1, -0.05) is 36.4 Å². The molecular formula is C23H25N5O3S. The van der Waals surface area contributed by atoms with Crippen LogP contribution in [0.15, 0.2) is 78.0 Å². The zero-order valence-electron chi connectivity index (χ0n) is 17.6. The number of para-hydroxylation sites is 1. The molecule has 0 bridgehead atoms. The van der Waals surface area contributed by atoms with Gasteiger partial charge < -0.3 is 15.1 Å². The molecule has 3 aromatic rings. The Hall–Kier alpha value is -3.46. The number of amides is 1. The van der Waals surface area contributed by atoms with Gasteiger partial charge >= 0.3 is 0 Å².